The van der Waals surface area contributed by atoms with E-state index >= 15 is 0 Å². The summed E-state index contributed by atoms with van der Waals surface area (Å²) in [7, 11) is 1.81. The van der Waals surface area contributed by atoms with E-state index in [9.17, 15) is 4.79 Å². The summed E-state index contributed by atoms with van der Waals surface area (Å²) in [6.07, 6.45) is 1.58. The largest absolute Gasteiger partial charge is 0.463 e. The lowest BCUT2D eigenvalue weighted by molar-refractivity contribution is 0.102. The van der Waals surface area contributed by atoms with Gasteiger partial charge >= 0.3 is 0 Å². The number of aromatic nitrogens is 3. The first-order valence-electron chi connectivity index (χ1n) is 7.98. The first-order valence-corrected chi connectivity index (χ1v) is 9.06. The third-order valence-corrected chi connectivity index (χ3v) is 4.74. The van der Waals surface area contributed by atoms with Crippen molar-refractivity contribution in [2.75, 3.05) is 5.32 Å². The van der Waals surface area contributed by atoms with E-state index in [4.69, 9.17) is 4.42 Å². The summed E-state index contributed by atoms with van der Waals surface area (Å²) >= 11 is 2.22. The van der Waals surface area contributed by atoms with E-state index in [1.54, 1.807) is 23.1 Å². The third-order valence-electron chi connectivity index (χ3n) is 4.07. The number of rotatable bonds is 3. The molecule has 6 nitrogen and oxygen atoms in total. The zero-order chi connectivity index (χ0) is 18.3. The van der Waals surface area contributed by atoms with Gasteiger partial charge in [0, 0.05) is 16.3 Å². The van der Waals surface area contributed by atoms with Crippen molar-refractivity contribution in [2.45, 2.75) is 6.92 Å². The molecule has 130 valence electrons. The van der Waals surface area contributed by atoms with E-state index in [1.165, 1.54) is 0 Å². The van der Waals surface area contributed by atoms with Crippen LogP contribution in [0.1, 0.15) is 16.1 Å². The molecule has 0 spiro atoms. The summed E-state index contributed by atoms with van der Waals surface area (Å²) in [6, 6.07) is 13.0. The van der Waals surface area contributed by atoms with Gasteiger partial charge in [0.1, 0.15) is 5.69 Å². The molecule has 4 aromatic rings. The summed E-state index contributed by atoms with van der Waals surface area (Å²) in [6.45, 7) is 1.87. The Balaban J connectivity index is 1.85. The number of hydrogen-bond donors (Lipinski definition) is 1. The van der Waals surface area contributed by atoms with Crippen molar-refractivity contribution < 1.29 is 9.21 Å². The van der Waals surface area contributed by atoms with E-state index in [0.717, 1.165) is 20.3 Å². The van der Waals surface area contributed by atoms with Gasteiger partial charge in [-0.2, -0.15) is 5.10 Å². The van der Waals surface area contributed by atoms with E-state index in [2.05, 4.69) is 38.0 Å². The maximum atomic E-state index is 13.0. The Morgan fingerprint density at radius 2 is 2.08 bits per heavy atom. The second-order valence-corrected chi connectivity index (χ2v) is 7.15. The number of carbonyl (C=O) groups excluding carboxylic acids is 1. The van der Waals surface area contributed by atoms with Crippen LogP contribution >= 0.6 is 22.6 Å². The van der Waals surface area contributed by atoms with Crippen molar-refractivity contribution in [2.24, 2.45) is 7.05 Å². The molecule has 7 heteroatoms. The minimum atomic E-state index is -0.205. The van der Waals surface area contributed by atoms with Crippen LogP contribution in [-0.2, 0) is 7.05 Å². The summed E-state index contributed by atoms with van der Waals surface area (Å²) in [5.41, 5.74) is 3.26. The van der Waals surface area contributed by atoms with Crippen LogP contribution in [0.25, 0.3) is 22.5 Å². The van der Waals surface area contributed by atoms with Crippen molar-refractivity contribution in [3.05, 3.63) is 63.6 Å². The van der Waals surface area contributed by atoms with Crippen LogP contribution in [0, 0.1) is 10.5 Å². The minimum Gasteiger partial charge on any atom is -0.463 e. The number of aryl methyl sites for hydroxylation is 2. The molecule has 1 aromatic carbocycles. The number of hydrogen-bond acceptors (Lipinski definition) is 4. The molecule has 0 atom stereocenters. The van der Waals surface area contributed by atoms with Crippen LogP contribution in [0.3, 0.4) is 0 Å². The van der Waals surface area contributed by atoms with Crippen LogP contribution in [0.2, 0.25) is 0 Å². The molecule has 3 aromatic heterocycles. The normalized spacial score (nSPS) is 11.0. The van der Waals surface area contributed by atoms with Crippen LogP contribution in [-0.4, -0.2) is 20.7 Å². The molecule has 0 unspecified atom stereocenters. The number of fused-ring (bicyclic) bond motifs is 1. The molecule has 1 N–H and O–H groups in total. The molecule has 0 radical (unpaired) electrons. The summed E-state index contributed by atoms with van der Waals surface area (Å²) in [5, 5.41) is 8.12. The van der Waals surface area contributed by atoms with E-state index in [0.29, 0.717) is 22.7 Å². The van der Waals surface area contributed by atoms with Gasteiger partial charge in [-0.15, -0.1) is 0 Å². The number of benzene rings is 1. The summed E-state index contributed by atoms with van der Waals surface area (Å²) in [4.78, 5) is 17.6. The van der Waals surface area contributed by atoms with Crippen molar-refractivity contribution in [3.8, 4) is 11.5 Å². The Labute approximate surface area is 163 Å². The van der Waals surface area contributed by atoms with Crippen LogP contribution in [0.5, 0.6) is 0 Å². The predicted molar refractivity (Wildman–Crippen MR) is 108 cm³/mol. The monoisotopic (exact) mass is 458 g/mol. The van der Waals surface area contributed by atoms with E-state index < -0.39 is 0 Å². The molecule has 4 rings (SSSR count). The highest BCUT2D eigenvalue weighted by atomic mass is 127. The molecule has 0 bridgehead atoms. The van der Waals surface area contributed by atoms with Gasteiger partial charge in [0.25, 0.3) is 5.91 Å². The average molecular weight is 458 g/mol. The van der Waals surface area contributed by atoms with Crippen LogP contribution in [0.4, 0.5) is 5.69 Å². The first kappa shape index (κ1) is 16.8. The van der Waals surface area contributed by atoms with E-state index in [1.807, 2.05) is 44.3 Å². The smallest absolute Gasteiger partial charge is 0.256 e. The lowest BCUT2D eigenvalue weighted by Gasteiger charge is -2.09. The van der Waals surface area contributed by atoms with E-state index in [-0.39, 0.29) is 5.91 Å². The quantitative estimate of drug-likeness (QED) is 0.463. The minimum absolute atomic E-state index is 0.205. The second kappa shape index (κ2) is 6.56. The number of nitrogens with zero attached hydrogens (tertiary/aromatic N) is 3. The lowest BCUT2D eigenvalue weighted by atomic mass is 10.1. The fourth-order valence-corrected chi connectivity index (χ4v) is 3.48. The summed E-state index contributed by atoms with van der Waals surface area (Å²) in [5.74, 6) is 0.400. The zero-order valence-corrected chi connectivity index (χ0v) is 16.3. The fraction of sp³-hybridized carbons (Fsp3) is 0.105. The molecular weight excluding hydrogens is 443 g/mol. The van der Waals surface area contributed by atoms with Crippen molar-refractivity contribution in [1.82, 2.24) is 14.8 Å². The third kappa shape index (κ3) is 2.98. The second-order valence-electron chi connectivity index (χ2n) is 5.90. The maximum absolute atomic E-state index is 13.0. The average Bonchev–Trinajstić information content (AvgIpc) is 3.23. The molecule has 0 aliphatic heterocycles. The number of amides is 1. The fourth-order valence-electron chi connectivity index (χ4n) is 2.94. The number of nitrogens with one attached hydrogen (secondary N) is 1. The number of anilines is 1. The van der Waals surface area contributed by atoms with Gasteiger partial charge in [-0.1, -0.05) is 6.07 Å². The van der Waals surface area contributed by atoms with Gasteiger partial charge in [0.2, 0.25) is 0 Å². The van der Waals surface area contributed by atoms with Gasteiger partial charge in [-0.25, -0.2) is 4.98 Å². The van der Waals surface area contributed by atoms with Gasteiger partial charge in [0.15, 0.2) is 11.4 Å². The molecule has 0 aliphatic carbocycles. The van der Waals surface area contributed by atoms with Gasteiger partial charge in [-0.05, 0) is 65.9 Å². The molecule has 3 heterocycles. The highest BCUT2D eigenvalue weighted by molar-refractivity contribution is 14.1. The van der Waals surface area contributed by atoms with Crippen LogP contribution in [0.15, 0.2) is 53.1 Å². The van der Waals surface area contributed by atoms with Crippen molar-refractivity contribution in [1.29, 1.82) is 0 Å². The Morgan fingerprint density at radius 3 is 2.81 bits per heavy atom. The highest BCUT2D eigenvalue weighted by Gasteiger charge is 2.20. The molecule has 0 saturated carbocycles. The predicted octanol–water partition coefficient (Wildman–Crippen LogP) is 4.39. The number of halogens is 1. The highest BCUT2D eigenvalue weighted by Crippen LogP contribution is 2.27. The molecule has 26 heavy (non-hydrogen) atoms. The summed E-state index contributed by atoms with van der Waals surface area (Å²) < 4.78 is 8.19. The first-order chi connectivity index (χ1) is 12.5. The Bertz CT molecular complexity index is 1120. The standard InChI is InChI=1S/C19H15IN4O2/c1-11-17-14(19(25)21-13-6-3-5-12(20)9-13)10-15(16-7-4-8-26-16)22-18(17)24(2)23-11/h3-10H,1-2H3,(H,21,25). The van der Waals surface area contributed by atoms with Crippen molar-refractivity contribution in [3.63, 3.8) is 0 Å². The zero-order valence-electron chi connectivity index (χ0n) is 14.2. The SMILES string of the molecule is Cc1nn(C)c2nc(-c3ccco3)cc(C(=O)Nc3cccc(I)c3)c12. The number of carbonyl (C=O) groups is 1. The van der Waals surface area contributed by atoms with Crippen molar-refractivity contribution >= 4 is 45.2 Å². The lowest BCUT2D eigenvalue weighted by Crippen LogP contribution is -2.13. The number of furan rings is 1. The molecule has 0 aliphatic rings. The molecule has 0 fully saturated rings. The number of pyridine rings is 1. The van der Waals surface area contributed by atoms with Gasteiger partial charge < -0.3 is 9.73 Å². The van der Waals surface area contributed by atoms with Crippen LogP contribution < -0.4 is 5.32 Å². The maximum Gasteiger partial charge on any atom is 0.256 e. The Morgan fingerprint density at radius 1 is 1.23 bits per heavy atom. The molecule has 1 amide bonds. The Kier molecular flexibility index (Phi) is 4.23. The Hall–Kier alpha value is -2.68. The topological polar surface area (TPSA) is 73.0 Å². The molecule has 0 saturated heterocycles. The van der Waals surface area contributed by atoms with Gasteiger partial charge in [0.05, 0.1) is 22.9 Å². The molecular formula is C19H15IN4O2. The van der Waals surface area contributed by atoms with Gasteiger partial charge in [-0.3, -0.25) is 9.48 Å².